The Morgan fingerprint density at radius 3 is 2.81 bits per heavy atom. The van der Waals surface area contributed by atoms with Crippen LogP contribution in [0.25, 0.3) is 11.3 Å². The number of nitrogens with one attached hydrogen (secondary N) is 1. The number of rotatable bonds is 2. The van der Waals surface area contributed by atoms with E-state index in [0.717, 1.165) is 54.9 Å². The van der Waals surface area contributed by atoms with Crippen LogP contribution in [0, 0.1) is 0 Å². The Bertz CT molecular complexity index is 656. The fourth-order valence-electron chi connectivity index (χ4n) is 2.58. The Morgan fingerprint density at radius 2 is 1.90 bits per heavy atom. The third kappa shape index (κ3) is 2.38. The Labute approximate surface area is 122 Å². The topological polar surface area (TPSA) is 59.5 Å². The summed E-state index contributed by atoms with van der Waals surface area (Å²) in [5, 5.41) is 3.33. The molecule has 4 rings (SSSR count). The normalized spacial score (nSPS) is 17.0. The molecular weight excluding hydrogens is 268 g/mol. The molecule has 1 fully saturated rings. The third-order valence-electron chi connectivity index (χ3n) is 3.71. The molecule has 1 saturated heterocycles. The van der Waals surface area contributed by atoms with Gasteiger partial charge in [-0.15, -0.1) is 0 Å². The van der Waals surface area contributed by atoms with Crippen LogP contribution < -0.4 is 19.7 Å². The molecule has 3 heterocycles. The van der Waals surface area contributed by atoms with Crippen LogP contribution >= 0.6 is 0 Å². The van der Waals surface area contributed by atoms with Crippen LogP contribution in [-0.2, 0) is 0 Å². The van der Waals surface area contributed by atoms with E-state index < -0.39 is 0 Å². The zero-order valence-electron chi connectivity index (χ0n) is 11.6. The second-order valence-electron chi connectivity index (χ2n) is 5.05. The molecule has 1 aromatic carbocycles. The van der Waals surface area contributed by atoms with Gasteiger partial charge in [-0.2, -0.15) is 0 Å². The number of benzene rings is 1. The van der Waals surface area contributed by atoms with Gasteiger partial charge in [0.15, 0.2) is 11.5 Å². The number of hydrogen-bond acceptors (Lipinski definition) is 6. The van der Waals surface area contributed by atoms with Gasteiger partial charge in [0, 0.05) is 37.9 Å². The molecule has 1 aromatic heterocycles. The quantitative estimate of drug-likeness (QED) is 0.896. The average molecular weight is 284 g/mol. The lowest BCUT2D eigenvalue weighted by Crippen LogP contribution is -2.44. The first-order valence-corrected chi connectivity index (χ1v) is 7.09. The predicted octanol–water partition coefficient (Wildman–Crippen LogP) is 1.28. The molecule has 0 saturated carbocycles. The molecule has 0 bridgehead atoms. The molecule has 108 valence electrons. The second kappa shape index (κ2) is 5.21. The lowest BCUT2D eigenvalue weighted by Gasteiger charge is -2.27. The molecule has 0 spiro atoms. The van der Waals surface area contributed by atoms with Crippen LogP contribution in [0.15, 0.2) is 30.5 Å². The summed E-state index contributed by atoms with van der Waals surface area (Å²) in [6.07, 6.45) is 1.81. The highest BCUT2D eigenvalue weighted by atomic mass is 16.7. The van der Waals surface area contributed by atoms with E-state index in [1.807, 2.05) is 30.5 Å². The van der Waals surface area contributed by atoms with Crippen LogP contribution in [0.1, 0.15) is 0 Å². The van der Waals surface area contributed by atoms with Crippen LogP contribution in [0.5, 0.6) is 11.5 Å². The van der Waals surface area contributed by atoms with Crippen molar-refractivity contribution in [1.29, 1.82) is 0 Å². The minimum Gasteiger partial charge on any atom is -0.454 e. The number of piperazine rings is 1. The fraction of sp³-hybridized carbons (Fsp3) is 0.333. The minimum atomic E-state index is 0.286. The number of hydrogen-bond donors (Lipinski definition) is 1. The number of anilines is 1. The maximum Gasteiger partial charge on any atom is 0.231 e. The summed E-state index contributed by atoms with van der Waals surface area (Å²) in [7, 11) is 0. The monoisotopic (exact) mass is 284 g/mol. The minimum absolute atomic E-state index is 0.286. The van der Waals surface area contributed by atoms with Gasteiger partial charge in [-0.1, -0.05) is 0 Å². The summed E-state index contributed by atoms with van der Waals surface area (Å²) in [4.78, 5) is 11.3. The lowest BCUT2D eigenvalue weighted by atomic mass is 10.1. The van der Waals surface area contributed by atoms with Crippen molar-refractivity contribution >= 4 is 5.95 Å². The summed E-state index contributed by atoms with van der Waals surface area (Å²) in [6, 6.07) is 7.80. The number of fused-ring (bicyclic) bond motifs is 1. The number of ether oxygens (including phenoxy) is 2. The number of nitrogens with zero attached hydrogens (tertiary/aromatic N) is 3. The van der Waals surface area contributed by atoms with Crippen molar-refractivity contribution in [3.63, 3.8) is 0 Å². The second-order valence-corrected chi connectivity index (χ2v) is 5.05. The Kier molecular flexibility index (Phi) is 3.08. The summed E-state index contributed by atoms with van der Waals surface area (Å²) in [5.74, 6) is 2.34. The molecule has 2 aliphatic heterocycles. The summed E-state index contributed by atoms with van der Waals surface area (Å²) >= 11 is 0. The Balaban J connectivity index is 1.65. The first-order chi connectivity index (χ1) is 10.4. The third-order valence-corrected chi connectivity index (χ3v) is 3.71. The predicted molar refractivity (Wildman–Crippen MR) is 78.7 cm³/mol. The first kappa shape index (κ1) is 12.4. The van der Waals surface area contributed by atoms with Crippen LogP contribution in [0.4, 0.5) is 5.95 Å². The van der Waals surface area contributed by atoms with Gasteiger partial charge >= 0.3 is 0 Å². The van der Waals surface area contributed by atoms with Crippen molar-refractivity contribution in [2.75, 3.05) is 37.9 Å². The molecule has 0 aliphatic carbocycles. The standard InChI is InChI=1S/C15H16N4O2/c1-2-13-14(21-10-20-13)9-11(1)12-3-4-17-15(18-12)19-7-5-16-6-8-19/h1-4,9,16H,5-8,10H2. The summed E-state index contributed by atoms with van der Waals surface area (Å²) in [6.45, 7) is 4.10. The van der Waals surface area contributed by atoms with Crippen molar-refractivity contribution in [3.05, 3.63) is 30.5 Å². The van der Waals surface area contributed by atoms with Crippen molar-refractivity contribution in [2.24, 2.45) is 0 Å². The van der Waals surface area contributed by atoms with Crippen molar-refractivity contribution in [2.45, 2.75) is 0 Å². The smallest absolute Gasteiger partial charge is 0.231 e. The maximum atomic E-state index is 5.42. The van der Waals surface area contributed by atoms with Gasteiger partial charge in [0.25, 0.3) is 0 Å². The van der Waals surface area contributed by atoms with E-state index >= 15 is 0 Å². The fourth-order valence-corrected chi connectivity index (χ4v) is 2.58. The molecule has 0 unspecified atom stereocenters. The largest absolute Gasteiger partial charge is 0.454 e. The van der Waals surface area contributed by atoms with Gasteiger partial charge in [-0.05, 0) is 24.3 Å². The Hall–Kier alpha value is -2.34. The highest BCUT2D eigenvalue weighted by molar-refractivity contribution is 5.65. The van der Waals surface area contributed by atoms with Gasteiger partial charge in [0.1, 0.15) is 0 Å². The van der Waals surface area contributed by atoms with Crippen LogP contribution in [0.2, 0.25) is 0 Å². The molecule has 6 heteroatoms. The molecular formula is C15H16N4O2. The highest BCUT2D eigenvalue weighted by Crippen LogP contribution is 2.35. The lowest BCUT2D eigenvalue weighted by molar-refractivity contribution is 0.174. The van der Waals surface area contributed by atoms with Crippen molar-refractivity contribution in [1.82, 2.24) is 15.3 Å². The Morgan fingerprint density at radius 1 is 1.05 bits per heavy atom. The molecule has 0 radical (unpaired) electrons. The van der Waals surface area contributed by atoms with Crippen molar-refractivity contribution in [3.8, 4) is 22.8 Å². The van der Waals surface area contributed by atoms with Crippen LogP contribution in [0.3, 0.4) is 0 Å². The molecule has 21 heavy (non-hydrogen) atoms. The molecule has 2 aromatic rings. The van der Waals surface area contributed by atoms with Crippen LogP contribution in [-0.4, -0.2) is 42.9 Å². The molecule has 1 N–H and O–H groups in total. The van der Waals surface area contributed by atoms with Gasteiger partial charge in [0.05, 0.1) is 5.69 Å². The molecule has 0 atom stereocenters. The highest BCUT2D eigenvalue weighted by Gasteiger charge is 2.16. The first-order valence-electron chi connectivity index (χ1n) is 7.09. The molecule has 0 amide bonds. The molecule has 2 aliphatic rings. The zero-order valence-corrected chi connectivity index (χ0v) is 11.6. The number of aromatic nitrogens is 2. The van der Waals surface area contributed by atoms with E-state index in [1.165, 1.54) is 0 Å². The van der Waals surface area contributed by atoms with Crippen molar-refractivity contribution < 1.29 is 9.47 Å². The maximum absolute atomic E-state index is 5.42. The van der Waals surface area contributed by atoms with Gasteiger partial charge < -0.3 is 19.7 Å². The summed E-state index contributed by atoms with van der Waals surface area (Å²) in [5.41, 5.74) is 1.91. The average Bonchev–Trinajstić information content (AvgIpc) is 3.03. The summed E-state index contributed by atoms with van der Waals surface area (Å²) < 4.78 is 10.8. The van der Waals surface area contributed by atoms with E-state index in [2.05, 4.69) is 20.2 Å². The van der Waals surface area contributed by atoms with E-state index in [1.54, 1.807) is 0 Å². The van der Waals surface area contributed by atoms with E-state index in [9.17, 15) is 0 Å². The van der Waals surface area contributed by atoms with E-state index in [4.69, 9.17) is 9.47 Å². The zero-order chi connectivity index (χ0) is 14.1. The molecule has 6 nitrogen and oxygen atoms in total. The van der Waals surface area contributed by atoms with Gasteiger partial charge in [0.2, 0.25) is 12.7 Å². The van der Waals surface area contributed by atoms with Gasteiger partial charge in [-0.3, -0.25) is 0 Å². The van der Waals surface area contributed by atoms with E-state index in [-0.39, 0.29) is 6.79 Å². The SMILES string of the molecule is c1cc(-c2ccc3c(c2)OCO3)nc(N2CCNCC2)n1. The van der Waals surface area contributed by atoms with Gasteiger partial charge in [-0.25, -0.2) is 9.97 Å². The van der Waals surface area contributed by atoms with E-state index in [0.29, 0.717) is 0 Å².